The Kier molecular flexibility index (Phi) is 6.13. The van der Waals surface area contributed by atoms with E-state index in [-0.39, 0.29) is 18.1 Å². The number of rotatable bonds is 5. The maximum atomic E-state index is 13.6. The van der Waals surface area contributed by atoms with Crippen molar-refractivity contribution in [3.05, 3.63) is 64.8 Å². The summed E-state index contributed by atoms with van der Waals surface area (Å²) >= 11 is 0. The highest BCUT2D eigenvalue weighted by molar-refractivity contribution is 6.07. The van der Waals surface area contributed by atoms with Gasteiger partial charge in [0.05, 0.1) is 29.8 Å². The van der Waals surface area contributed by atoms with E-state index in [1.54, 1.807) is 11.0 Å². The van der Waals surface area contributed by atoms with Crippen LogP contribution in [0.25, 0.3) is 10.9 Å². The number of ketones is 1. The molecule has 1 aromatic heterocycles. The van der Waals surface area contributed by atoms with E-state index in [4.69, 9.17) is 14.5 Å². The smallest absolute Gasteiger partial charge is 0.272 e. The third-order valence-electron chi connectivity index (χ3n) is 7.62. The molecule has 0 bridgehead atoms. The van der Waals surface area contributed by atoms with Gasteiger partial charge in [0, 0.05) is 42.9 Å². The van der Waals surface area contributed by atoms with Crippen LogP contribution in [-0.2, 0) is 6.42 Å². The third-order valence-corrected chi connectivity index (χ3v) is 7.62. The van der Waals surface area contributed by atoms with Crippen LogP contribution in [0.4, 0.5) is 0 Å². The summed E-state index contributed by atoms with van der Waals surface area (Å²) < 4.78 is 12.3. The zero-order valence-electron chi connectivity index (χ0n) is 21.6. The molecule has 4 heterocycles. The number of carbonyl (C=O) groups is 2. The molecule has 1 amide bonds. The number of aromatic nitrogens is 1. The third kappa shape index (κ3) is 4.21. The van der Waals surface area contributed by atoms with Gasteiger partial charge in [-0.3, -0.25) is 9.59 Å². The highest BCUT2D eigenvalue weighted by Gasteiger charge is 2.44. The molecule has 1 fully saturated rings. The zero-order valence-corrected chi connectivity index (χ0v) is 21.6. The van der Waals surface area contributed by atoms with Gasteiger partial charge < -0.3 is 14.4 Å². The molecule has 3 aromatic rings. The molecule has 3 aliphatic heterocycles. The van der Waals surface area contributed by atoms with Crippen molar-refractivity contribution < 1.29 is 19.1 Å². The number of carbonyl (C=O) groups excluding carboxylic acids is 2. The summed E-state index contributed by atoms with van der Waals surface area (Å²) in [5.41, 5.74) is 3.80. The Morgan fingerprint density at radius 3 is 2.71 bits per heavy atom. The summed E-state index contributed by atoms with van der Waals surface area (Å²) in [7, 11) is 0. The topological polar surface area (TPSA) is 106 Å². The average molecular weight is 512 g/mol. The standard InChI is InChI=1S/C29H29N5O4/c1-3-18-6-5-7-20-26(37-4-2)15-22(31-27(18)20)28(36)34-12-10-29(11-13-34)16-24(35)21-14-19(8-9-25(21)38-29)23-17-30-33-32-23/h5-9,14-15H,3-4,10-13,16-17H2,1-2H3. The number of fused-ring (bicyclic) bond motifs is 2. The van der Waals surface area contributed by atoms with E-state index in [2.05, 4.69) is 22.4 Å². The lowest BCUT2D eigenvalue weighted by Gasteiger charge is -2.44. The Morgan fingerprint density at radius 2 is 1.97 bits per heavy atom. The van der Waals surface area contributed by atoms with Crippen LogP contribution in [0.3, 0.4) is 0 Å². The Hall–Kier alpha value is -4.14. The van der Waals surface area contributed by atoms with E-state index in [0.717, 1.165) is 34.2 Å². The molecule has 1 saturated heterocycles. The monoisotopic (exact) mass is 511 g/mol. The number of hydrogen-bond donors (Lipinski definition) is 0. The Labute approximate surface area is 220 Å². The zero-order chi connectivity index (χ0) is 26.3. The number of nitrogens with zero attached hydrogens (tertiary/aromatic N) is 5. The number of hydrogen-bond acceptors (Lipinski definition) is 8. The van der Waals surface area contributed by atoms with Crippen LogP contribution < -0.4 is 9.47 Å². The lowest BCUT2D eigenvalue weighted by molar-refractivity contribution is -0.00585. The van der Waals surface area contributed by atoms with Gasteiger partial charge in [0.25, 0.3) is 5.91 Å². The van der Waals surface area contributed by atoms with Gasteiger partial charge in [-0.15, -0.1) is 5.10 Å². The average Bonchev–Trinajstić information content (AvgIpc) is 3.48. The molecule has 0 aliphatic carbocycles. The molecule has 9 nitrogen and oxygen atoms in total. The first-order valence-electron chi connectivity index (χ1n) is 13.1. The summed E-state index contributed by atoms with van der Waals surface area (Å²) in [6.07, 6.45) is 2.24. The number of ether oxygens (including phenoxy) is 2. The molecule has 0 unspecified atom stereocenters. The Balaban J connectivity index is 1.21. The Bertz CT molecular complexity index is 1500. The van der Waals surface area contributed by atoms with E-state index in [1.807, 2.05) is 43.3 Å². The first kappa shape index (κ1) is 24.2. The van der Waals surface area contributed by atoms with Crippen molar-refractivity contribution in [3.63, 3.8) is 0 Å². The quantitative estimate of drug-likeness (QED) is 0.479. The van der Waals surface area contributed by atoms with Crippen molar-refractivity contribution in [2.24, 2.45) is 15.4 Å². The molecular weight excluding hydrogens is 482 g/mol. The molecule has 0 N–H and O–H groups in total. The summed E-state index contributed by atoms with van der Waals surface area (Å²) in [6, 6.07) is 13.3. The van der Waals surface area contributed by atoms with Gasteiger partial charge in [-0.05, 0) is 48.4 Å². The molecular formula is C29H29N5O4. The second-order valence-electron chi connectivity index (χ2n) is 9.93. The predicted molar refractivity (Wildman–Crippen MR) is 142 cm³/mol. The van der Waals surface area contributed by atoms with E-state index in [9.17, 15) is 9.59 Å². The molecule has 0 radical (unpaired) electrons. The number of likely N-dealkylation sites (tertiary alicyclic amines) is 1. The number of aryl methyl sites for hydroxylation is 1. The number of pyridine rings is 1. The fourth-order valence-corrected chi connectivity index (χ4v) is 5.54. The van der Waals surface area contributed by atoms with Crippen molar-refractivity contribution in [1.29, 1.82) is 0 Å². The molecule has 194 valence electrons. The number of piperidine rings is 1. The SMILES string of the molecule is CCOc1cc(C(=O)N2CCC3(CC2)CC(=O)c2cc(C4=NN=NC4)ccc2O3)nc2c(CC)cccc12. The predicted octanol–water partition coefficient (Wildman–Crippen LogP) is 5.01. The first-order valence-corrected chi connectivity index (χ1v) is 13.1. The van der Waals surface area contributed by atoms with E-state index < -0.39 is 5.60 Å². The Morgan fingerprint density at radius 1 is 1.13 bits per heavy atom. The van der Waals surface area contributed by atoms with Crippen molar-refractivity contribution in [2.45, 2.75) is 45.1 Å². The largest absolute Gasteiger partial charge is 0.493 e. The minimum Gasteiger partial charge on any atom is -0.493 e. The number of para-hydroxylation sites is 1. The molecule has 9 heteroatoms. The molecule has 3 aliphatic rings. The van der Waals surface area contributed by atoms with Gasteiger partial charge in [0.1, 0.15) is 29.3 Å². The van der Waals surface area contributed by atoms with Crippen molar-refractivity contribution in [2.75, 3.05) is 26.2 Å². The fraction of sp³-hybridized carbons (Fsp3) is 0.379. The van der Waals surface area contributed by atoms with Crippen LogP contribution in [0, 0.1) is 0 Å². The van der Waals surface area contributed by atoms with Gasteiger partial charge in [-0.1, -0.05) is 19.1 Å². The summed E-state index contributed by atoms with van der Waals surface area (Å²) in [5.74, 6) is 1.17. The number of benzene rings is 2. The molecule has 6 rings (SSSR count). The van der Waals surface area contributed by atoms with Crippen molar-refractivity contribution in [1.82, 2.24) is 9.88 Å². The van der Waals surface area contributed by atoms with Crippen LogP contribution in [0.2, 0.25) is 0 Å². The van der Waals surface area contributed by atoms with E-state index >= 15 is 0 Å². The van der Waals surface area contributed by atoms with Gasteiger partial charge in [-0.2, -0.15) is 5.11 Å². The van der Waals surface area contributed by atoms with Gasteiger partial charge in [0.15, 0.2) is 5.78 Å². The molecule has 1 spiro atoms. The van der Waals surface area contributed by atoms with Crippen molar-refractivity contribution >= 4 is 28.3 Å². The highest BCUT2D eigenvalue weighted by atomic mass is 16.5. The highest BCUT2D eigenvalue weighted by Crippen LogP contribution is 2.40. The normalized spacial score (nSPS) is 17.9. The van der Waals surface area contributed by atoms with Crippen LogP contribution >= 0.6 is 0 Å². The molecule has 38 heavy (non-hydrogen) atoms. The first-order chi connectivity index (χ1) is 18.5. The van der Waals surface area contributed by atoms with E-state index in [1.165, 1.54) is 0 Å². The summed E-state index contributed by atoms with van der Waals surface area (Å²) in [4.78, 5) is 33.3. The van der Waals surface area contributed by atoms with Crippen molar-refractivity contribution in [3.8, 4) is 11.5 Å². The second kappa shape index (κ2) is 9.63. The minimum atomic E-state index is -0.611. The van der Waals surface area contributed by atoms with E-state index in [0.29, 0.717) is 61.8 Å². The van der Waals surface area contributed by atoms with Gasteiger partial charge in [0.2, 0.25) is 0 Å². The number of Topliss-reactive ketones (excluding diaryl/α,β-unsaturated/α-hetero) is 1. The maximum Gasteiger partial charge on any atom is 0.272 e. The van der Waals surface area contributed by atoms with Crippen LogP contribution in [0.1, 0.15) is 65.1 Å². The minimum absolute atomic E-state index is 0.0463. The summed E-state index contributed by atoms with van der Waals surface area (Å²) in [5, 5.41) is 12.5. The molecule has 2 aromatic carbocycles. The number of amides is 1. The van der Waals surface area contributed by atoms with Crippen LogP contribution in [0.5, 0.6) is 11.5 Å². The maximum absolute atomic E-state index is 13.6. The lowest BCUT2D eigenvalue weighted by Crippen LogP contribution is -2.52. The molecule has 0 saturated carbocycles. The van der Waals surface area contributed by atoms with Gasteiger partial charge in [-0.25, -0.2) is 4.98 Å². The van der Waals surface area contributed by atoms with Gasteiger partial charge >= 0.3 is 0 Å². The van der Waals surface area contributed by atoms with Crippen LogP contribution in [-0.4, -0.2) is 59.1 Å². The van der Waals surface area contributed by atoms with Crippen LogP contribution in [0.15, 0.2) is 57.9 Å². The molecule has 0 atom stereocenters. The second-order valence-corrected chi connectivity index (χ2v) is 9.93. The fourth-order valence-electron chi connectivity index (χ4n) is 5.54. The summed E-state index contributed by atoms with van der Waals surface area (Å²) in [6.45, 7) is 5.90. The lowest BCUT2D eigenvalue weighted by atomic mass is 9.82.